The van der Waals surface area contributed by atoms with Gasteiger partial charge in [0.05, 0.1) is 5.02 Å². The van der Waals surface area contributed by atoms with E-state index in [4.69, 9.17) is 11.6 Å². The van der Waals surface area contributed by atoms with Crippen molar-refractivity contribution in [3.63, 3.8) is 0 Å². The molecule has 0 amide bonds. The minimum atomic E-state index is -2.50. The van der Waals surface area contributed by atoms with Crippen LogP contribution in [0.4, 0.5) is 8.78 Å². The van der Waals surface area contributed by atoms with E-state index in [1.54, 1.807) is 0 Å². The minimum Gasteiger partial charge on any atom is -0.205 e. The highest BCUT2D eigenvalue weighted by atomic mass is 35.5. The largest absolute Gasteiger partial charge is 0.265 e. The van der Waals surface area contributed by atoms with Crippen LogP contribution < -0.4 is 0 Å². The molecule has 0 saturated carbocycles. The Morgan fingerprint density at radius 1 is 1.50 bits per heavy atom. The van der Waals surface area contributed by atoms with Crippen molar-refractivity contribution in [3.8, 4) is 0 Å². The third-order valence-corrected chi connectivity index (χ3v) is 1.41. The average molecular weight is 162 g/mol. The molecule has 0 fully saturated rings. The number of benzene rings is 1. The summed E-state index contributed by atoms with van der Waals surface area (Å²) in [7, 11) is 0. The van der Waals surface area contributed by atoms with Crippen LogP contribution in [-0.2, 0) is 0 Å². The van der Waals surface area contributed by atoms with Crippen LogP contribution in [0.3, 0.4) is 0 Å². The molecule has 0 heterocycles. The molecule has 1 aromatic carbocycles. The monoisotopic (exact) mass is 161 g/mol. The van der Waals surface area contributed by atoms with Crippen LogP contribution in [0.2, 0.25) is 5.02 Å². The number of hydrogen-bond acceptors (Lipinski definition) is 0. The molecule has 0 saturated heterocycles. The van der Waals surface area contributed by atoms with Crippen LogP contribution in [0, 0.1) is 6.07 Å². The van der Waals surface area contributed by atoms with Crippen molar-refractivity contribution in [1.82, 2.24) is 0 Å². The summed E-state index contributed by atoms with van der Waals surface area (Å²) in [5, 5.41) is 0.0671. The van der Waals surface area contributed by atoms with Crippen molar-refractivity contribution >= 4 is 11.6 Å². The highest BCUT2D eigenvalue weighted by Crippen LogP contribution is 2.25. The molecule has 1 radical (unpaired) electrons. The van der Waals surface area contributed by atoms with E-state index < -0.39 is 6.43 Å². The number of halogens is 3. The van der Waals surface area contributed by atoms with Gasteiger partial charge in [0.1, 0.15) is 0 Å². The second-order valence-corrected chi connectivity index (χ2v) is 2.16. The van der Waals surface area contributed by atoms with E-state index in [1.165, 1.54) is 18.2 Å². The SMILES string of the molecule is FC(F)c1cc[c]cc1Cl. The van der Waals surface area contributed by atoms with Gasteiger partial charge in [-0.25, -0.2) is 8.78 Å². The summed E-state index contributed by atoms with van der Waals surface area (Å²) in [5.74, 6) is 0. The zero-order chi connectivity index (χ0) is 7.56. The van der Waals surface area contributed by atoms with Gasteiger partial charge in [-0.05, 0) is 12.1 Å². The number of hydrogen-bond donors (Lipinski definition) is 0. The van der Waals surface area contributed by atoms with Gasteiger partial charge in [0.2, 0.25) is 0 Å². The molecule has 0 unspecified atom stereocenters. The summed E-state index contributed by atoms with van der Waals surface area (Å²) in [6.45, 7) is 0. The zero-order valence-electron chi connectivity index (χ0n) is 4.94. The van der Waals surface area contributed by atoms with Crippen LogP contribution in [0.25, 0.3) is 0 Å². The van der Waals surface area contributed by atoms with Gasteiger partial charge < -0.3 is 0 Å². The maximum absolute atomic E-state index is 11.9. The molecular formula is C7H4ClF2. The van der Waals surface area contributed by atoms with Crippen molar-refractivity contribution in [1.29, 1.82) is 0 Å². The highest BCUT2D eigenvalue weighted by Gasteiger charge is 2.09. The second kappa shape index (κ2) is 2.97. The first-order valence-electron chi connectivity index (χ1n) is 2.65. The molecule has 0 aromatic heterocycles. The van der Waals surface area contributed by atoms with Crippen LogP contribution in [-0.4, -0.2) is 0 Å². The Morgan fingerprint density at radius 3 is 2.60 bits per heavy atom. The standard InChI is InChI=1S/C7H4ClF2/c8-6-4-2-1-3-5(6)7(9)10/h1,3-4,7H. The predicted molar refractivity (Wildman–Crippen MR) is 35.2 cm³/mol. The summed E-state index contributed by atoms with van der Waals surface area (Å²) in [6, 6.07) is 6.58. The molecule has 0 aliphatic heterocycles. The molecule has 1 rings (SSSR count). The Hall–Kier alpha value is -0.630. The lowest BCUT2D eigenvalue weighted by molar-refractivity contribution is 0.151. The van der Waals surface area contributed by atoms with E-state index in [-0.39, 0.29) is 10.6 Å². The molecule has 0 nitrogen and oxygen atoms in total. The third-order valence-electron chi connectivity index (χ3n) is 1.08. The first-order chi connectivity index (χ1) is 4.72. The molecule has 0 spiro atoms. The van der Waals surface area contributed by atoms with Crippen LogP contribution in [0.5, 0.6) is 0 Å². The molecule has 0 N–H and O–H groups in total. The fraction of sp³-hybridized carbons (Fsp3) is 0.143. The summed E-state index contributed by atoms with van der Waals surface area (Å²) in [5.41, 5.74) is -0.139. The molecule has 1 aromatic rings. The van der Waals surface area contributed by atoms with E-state index in [9.17, 15) is 8.78 Å². The lowest BCUT2D eigenvalue weighted by atomic mass is 10.2. The van der Waals surface area contributed by atoms with E-state index >= 15 is 0 Å². The Balaban J connectivity index is 3.03. The van der Waals surface area contributed by atoms with Gasteiger partial charge in [-0.3, -0.25) is 0 Å². The number of rotatable bonds is 1. The predicted octanol–water partition coefficient (Wildman–Crippen LogP) is 3.08. The third kappa shape index (κ3) is 1.45. The quantitative estimate of drug-likeness (QED) is 0.594. The van der Waals surface area contributed by atoms with Crippen molar-refractivity contribution in [2.75, 3.05) is 0 Å². The van der Waals surface area contributed by atoms with Crippen LogP contribution in [0.15, 0.2) is 18.2 Å². The van der Waals surface area contributed by atoms with Crippen LogP contribution >= 0.6 is 11.6 Å². The van der Waals surface area contributed by atoms with Gasteiger partial charge in [0.25, 0.3) is 6.43 Å². The lowest BCUT2D eigenvalue weighted by Gasteiger charge is -1.99. The molecule has 0 atom stereocenters. The summed E-state index contributed by atoms with van der Waals surface area (Å²) >= 11 is 5.41. The summed E-state index contributed by atoms with van der Waals surface area (Å²) in [6.07, 6.45) is -2.50. The normalized spacial score (nSPS) is 10.4. The van der Waals surface area contributed by atoms with Crippen molar-refractivity contribution in [2.24, 2.45) is 0 Å². The topological polar surface area (TPSA) is 0 Å². The van der Waals surface area contributed by atoms with Crippen molar-refractivity contribution < 1.29 is 8.78 Å². The molecule has 0 bridgehead atoms. The first-order valence-corrected chi connectivity index (χ1v) is 3.03. The summed E-state index contributed by atoms with van der Waals surface area (Å²) in [4.78, 5) is 0. The van der Waals surface area contributed by atoms with E-state index in [0.717, 1.165) is 0 Å². The fourth-order valence-electron chi connectivity index (χ4n) is 0.599. The second-order valence-electron chi connectivity index (χ2n) is 1.75. The smallest absolute Gasteiger partial charge is 0.205 e. The molecule has 53 valence electrons. The van der Waals surface area contributed by atoms with E-state index in [0.29, 0.717) is 0 Å². The minimum absolute atomic E-state index is 0.0671. The molecule has 0 aliphatic carbocycles. The van der Waals surface area contributed by atoms with Gasteiger partial charge in [-0.15, -0.1) is 0 Å². The van der Waals surface area contributed by atoms with Crippen molar-refractivity contribution in [2.45, 2.75) is 6.43 Å². The Morgan fingerprint density at radius 2 is 2.20 bits per heavy atom. The first kappa shape index (κ1) is 7.48. The average Bonchev–Trinajstić information content (AvgIpc) is 1.88. The molecule has 3 heteroatoms. The van der Waals surface area contributed by atoms with Crippen molar-refractivity contribution in [3.05, 3.63) is 34.9 Å². The molecule has 10 heavy (non-hydrogen) atoms. The van der Waals surface area contributed by atoms with Gasteiger partial charge >= 0.3 is 0 Å². The van der Waals surface area contributed by atoms with Gasteiger partial charge in [-0.1, -0.05) is 23.7 Å². The van der Waals surface area contributed by atoms with E-state index in [1.807, 2.05) is 0 Å². The number of alkyl halides is 2. The Kier molecular flexibility index (Phi) is 2.22. The molecule has 0 aliphatic rings. The maximum Gasteiger partial charge on any atom is 0.265 e. The maximum atomic E-state index is 11.9. The lowest BCUT2D eigenvalue weighted by Crippen LogP contribution is -1.83. The van der Waals surface area contributed by atoms with Gasteiger partial charge in [-0.2, -0.15) is 0 Å². The zero-order valence-corrected chi connectivity index (χ0v) is 5.70. The van der Waals surface area contributed by atoms with Crippen LogP contribution in [0.1, 0.15) is 12.0 Å². The van der Waals surface area contributed by atoms with E-state index in [2.05, 4.69) is 6.07 Å². The fourth-order valence-corrected chi connectivity index (χ4v) is 0.808. The summed E-state index contributed by atoms with van der Waals surface area (Å²) < 4.78 is 23.9. The Labute approximate surface area is 62.4 Å². The highest BCUT2D eigenvalue weighted by molar-refractivity contribution is 6.31. The Bertz CT molecular complexity index is 223. The van der Waals surface area contributed by atoms with Gasteiger partial charge in [0, 0.05) is 5.56 Å². The van der Waals surface area contributed by atoms with Gasteiger partial charge in [0.15, 0.2) is 0 Å². The molecular weight excluding hydrogens is 158 g/mol.